The molecular formula is C14H13BrN2O. The molecule has 0 aliphatic heterocycles. The van der Waals surface area contributed by atoms with Crippen molar-refractivity contribution < 1.29 is 4.79 Å². The van der Waals surface area contributed by atoms with Crippen LogP contribution in [-0.2, 0) is 6.42 Å². The Bertz CT molecular complexity index is 552. The van der Waals surface area contributed by atoms with Gasteiger partial charge in [0.2, 0.25) is 0 Å². The number of anilines is 1. The van der Waals surface area contributed by atoms with Crippen molar-refractivity contribution in [1.29, 1.82) is 0 Å². The van der Waals surface area contributed by atoms with E-state index in [0.717, 1.165) is 6.42 Å². The Balaban J connectivity index is 2.11. The van der Waals surface area contributed by atoms with Crippen LogP contribution in [0.4, 0.5) is 5.82 Å². The fourth-order valence-electron chi connectivity index (χ4n) is 1.56. The Morgan fingerprint density at radius 2 is 1.94 bits per heavy atom. The summed E-state index contributed by atoms with van der Waals surface area (Å²) < 4.78 is 0.696. The van der Waals surface area contributed by atoms with Crippen molar-refractivity contribution in [1.82, 2.24) is 4.98 Å². The lowest BCUT2D eigenvalue weighted by atomic mass is 10.1. The molecule has 2 rings (SSSR count). The minimum Gasteiger partial charge on any atom is -0.307 e. The van der Waals surface area contributed by atoms with Gasteiger partial charge in [-0.15, -0.1) is 0 Å². The standard InChI is InChI=1S/C14H13BrN2O/c1-2-10-6-8-11(9-7-10)14(18)17-13-5-3-4-12(15)16-13/h3-9H,2H2,1H3,(H,16,17,18). The lowest BCUT2D eigenvalue weighted by Crippen LogP contribution is -2.12. The fourth-order valence-corrected chi connectivity index (χ4v) is 1.90. The van der Waals surface area contributed by atoms with Crippen molar-refractivity contribution in [2.75, 3.05) is 5.32 Å². The average Bonchev–Trinajstić information content (AvgIpc) is 2.39. The number of aryl methyl sites for hydroxylation is 1. The van der Waals surface area contributed by atoms with Crippen LogP contribution in [0.5, 0.6) is 0 Å². The van der Waals surface area contributed by atoms with Gasteiger partial charge in [0.25, 0.3) is 5.91 Å². The van der Waals surface area contributed by atoms with E-state index >= 15 is 0 Å². The van der Waals surface area contributed by atoms with E-state index in [9.17, 15) is 4.79 Å². The summed E-state index contributed by atoms with van der Waals surface area (Å²) in [5.41, 5.74) is 1.85. The molecular weight excluding hydrogens is 292 g/mol. The minimum absolute atomic E-state index is 0.150. The molecule has 0 saturated heterocycles. The lowest BCUT2D eigenvalue weighted by molar-refractivity contribution is 0.102. The number of pyridine rings is 1. The first-order valence-electron chi connectivity index (χ1n) is 5.72. The minimum atomic E-state index is -0.150. The SMILES string of the molecule is CCc1ccc(C(=O)Nc2cccc(Br)n2)cc1. The second-order valence-corrected chi connectivity index (χ2v) is 4.66. The summed E-state index contributed by atoms with van der Waals surface area (Å²) in [7, 11) is 0. The van der Waals surface area contributed by atoms with Crippen LogP contribution in [0.3, 0.4) is 0 Å². The first-order valence-corrected chi connectivity index (χ1v) is 6.51. The fraction of sp³-hybridized carbons (Fsp3) is 0.143. The quantitative estimate of drug-likeness (QED) is 0.879. The molecule has 1 heterocycles. The summed E-state index contributed by atoms with van der Waals surface area (Å²) in [6, 6.07) is 13.0. The third-order valence-corrected chi connectivity index (χ3v) is 3.02. The molecule has 0 radical (unpaired) electrons. The number of rotatable bonds is 3. The van der Waals surface area contributed by atoms with Crippen LogP contribution in [-0.4, -0.2) is 10.9 Å². The van der Waals surface area contributed by atoms with Crippen molar-refractivity contribution >= 4 is 27.7 Å². The largest absolute Gasteiger partial charge is 0.307 e. The Hall–Kier alpha value is -1.68. The molecule has 0 aliphatic carbocycles. The molecule has 3 nitrogen and oxygen atoms in total. The lowest BCUT2D eigenvalue weighted by Gasteiger charge is -2.05. The first-order chi connectivity index (χ1) is 8.69. The van der Waals surface area contributed by atoms with Crippen molar-refractivity contribution in [2.45, 2.75) is 13.3 Å². The summed E-state index contributed by atoms with van der Waals surface area (Å²) >= 11 is 3.26. The molecule has 18 heavy (non-hydrogen) atoms. The predicted octanol–water partition coefficient (Wildman–Crippen LogP) is 3.66. The summed E-state index contributed by atoms with van der Waals surface area (Å²) in [4.78, 5) is 16.1. The molecule has 0 bridgehead atoms. The Morgan fingerprint density at radius 1 is 1.22 bits per heavy atom. The van der Waals surface area contributed by atoms with E-state index in [0.29, 0.717) is 16.0 Å². The number of aromatic nitrogens is 1. The highest BCUT2D eigenvalue weighted by Gasteiger charge is 2.06. The zero-order chi connectivity index (χ0) is 13.0. The number of carbonyl (C=O) groups is 1. The Kier molecular flexibility index (Phi) is 4.10. The van der Waals surface area contributed by atoms with Gasteiger partial charge in [0.1, 0.15) is 10.4 Å². The van der Waals surface area contributed by atoms with Gasteiger partial charge in [0.15, 0.2) is 0 Å². The van der Waals surface area contributed by atoms with Crippen LogP contribution in [0, 0.1) is 0 Å². The molecule has 0 saturated carbocycles. The van der Waals surface area contributed by atoms with E-state index in [2.05, 4.69) is 33.2 Å². The summed E-state index contributed by atoms with van der Waals surface area (Å²) in [5, 5.41) is 2.76. The maximum absolute atomic E-state index is 12.0. The van der Waals surface area contributed by atoms with Crippen LogP contribution in [0.15, 0.2) is 47.1 Å². The molecule has 1 aromatic heterocycles. The summed E-state index contributed by atoms with van der Waals surface area (Å²) in [5.74, 6) is 0.386. The zero-order valence-electron chi connectivity index (χ0n) is 9.98. The molecule has 1 amide bonds. The number of benzene rings is 1. The molecule has 92 valence electrons. The highest BCUT2D eigenvalue weighted by Crippen LogP contribution is 2.12. The van der Waals surface area contributed by atoms with Crippen molar-refractivity contribution in [3.05, 3.63) is 58.2 Å². The Morgan fingerprint density at radius 3 is 2.56 bits per heavy atom. The third-order valence-electron chi connectivity index (χ3n) is 2.58. The van der Waals surface area contributed by atoms with Crippen LogP contribution in [0.25, 0.3) is 0 Å². The maximum atomic E-state index is 12.0. The molecule has 0 atom stereocenters. The van der Waals surface area contributed by atoms with E-state index in [4.69, 9.17) is 0 Å². The van der Waals surface area contributed by atoms with Gasteiger partial charge >= 0.3 is 0 Å². The summed E-state index contributed by atoms with van der Waals surface area (Å²) in [6.07, 6.45) is 0.967. The number of nitrogens with one attached hydrogen (secondary N) is 1. The topological polar surface area (TPSA) is 42.0 Å². The monoisotopic (exact) mass is 304 g/mol. The second-order valence-electron chi connectivity index (χ2n) is 3.85. The average molecular weight is 305 g/mol. The van der Waals surface area contributed by atoms with E-state index in [1.807, 2.05) is 36.4 Å². The Labute approximate surface area is 114 Å². The second kappa shape index (κ2) is 5.78. The van der Waals surface area contributed by atoms with E-state index in [1.165, 1.54) is 5.56 Å². The molecule has 0 fully saturated rings. The number of halogens is 1. The maximum Gasteiger partial charge on any atom is 0.256 e. The van der Waals surface area contributed by atoms with Crippen molar-refractivity contribution in [2.24, 2.45) is 0 Å². The molecule has 1 aromatic carbocycles. The number of hydrogen-bond donors (Lipinski definition) is 1. The first kappa shape index (κ1) is 12.8. The molecule has 2 aromatic rings. The predicted molar refractivity (Wildman–Crippen MR) is 75.7 cm³/mol. The van der Waals surface area contributed by atoms with Crippen LogP contribution in [0.1, 0.15) is 22.8 Å². The number of hydrogen-bond acceptors (Lipinski definition) is 2. The van der Waals surface area contributed by atoms with Gasteiger partial charge in [-0.2, -0.15) is 0 Å². The third kappa shape index (κ3) is 3.17. The van der Waals surface area contributed by atoms with Gasteiger partial charge in [-0.05, 0) is 52.2 Å². The number of amides is 1. The summed E-state index contributed by atoms with van der Waals surface area (Å²) in [6.45, 7) is 2.08. The van der Waals surface area contributed by atoms with E-state index in [1.54, 1.807) is 6.07 Å². The van der Waals surface area contributed by atoms with Crippen LogP contribution >= 0.6 is 15.9 Å². The van der Waals surface area contributed by atoms with E-state index < -0.39 is 0 Å². The van der Waals surface area contributed by atoms with E-state index in [-0.39, 0.29) is 5.91 Å². The van der Waals surface area contributed by atoms with Gasteiger partial charge in [-0.25, -0.2) is 4.98 Å². The van der Waals surface area contributed by atoms with Crippen LogP contribution < -0.4 is 5.32 Å². The molecule has 4 heteroatoms. The number of nitrogens with zero attached hydrogens (tertiary/aromatic N) is 1. The highest BCUT2D eigenvalue weighted by atomic mass is 79.9. The van der Waals surface area contributed by atoms with Crippen molar-refractivity contribution in [3.8, 4) is 0 Å². The smallest absolute Gasteiger partial charge is 0.256 e. The normalized spacial score (nSPS) is 10.1. The molecule has 0 aliphatic rings. The molecule has 0 unspecified atom stereocenters. The van der Waals surface area contributed by atoms with Crippen molar-refractivity contribution in [3.63, 3.8) is 0 Å². The van der Waals surface area contributed by atoms with Gasteiger partial charge in [0.05, 0.1) is 0 Å². The zero-order valence-corrected chi connectivity index (χ0v) is 11.6. The molecule has 0 spiro atoms. The van der Waals surface area contributed by atoms with Crippen LogP contribution in [0.2, 0.25) is 0 Å². The highest BCUT2D eigenvalue weighted by molar-refractivity contribution is 9.10. The van der Waals surface area contributed by atoms with Gasteiger partial charge in [-0.1, -0.05) is 25.1 Å². The van der Waals surface area contributed by atoms with Gasteiger partial charge < -0.3 is 5.32 Å². The van der Waals surface area contributed by atoms with Gasteiger partial charge in [-0.3, -0.25) is 4.79 Å². The van der Waals surface area contributed by atoms with Gasteiger partial charge in [0, 0.05) is 5.56 Å². The molecule has 1 N–H and O–H groups in total. The number of carbonyl (C=O) groups excluding carboxylic acids is 1.